The molecule has 0 aliphatic heterocycles. The Hall–Kier alpha value is -2.66. The average molecular weight is 331 g/mol. The predicted octanol–water partition coefficient (Wildman–Crippen LogP) is 3.66. The van der Waals surface area contributed by atoms with E-state index in [4.69, 9.17) is 20.8 Å². The number of rotatable bonds is 5. The van der Waals surface area contributed by atoms with E-state index in [1.54, 1.807) is 30.7 Å². The van der Waals surface area contributed by atoms with Gasteiger partial charge in [0.1, 0.15) is 5.75 Å². The highest BCUT2D eigenvalue weighted by Gasteiger charge is 2.16. The van der Waals surface area contributed by atoms with Crippen LogP contribution in [0.1, 0.15) is 15.9 Å². The van der Waals surface area contributed by atoms with E-state index in [2.05, 4.69) is 5.32 Å². The van der Waals surface area contributed by atoms with Crippen LogP contribution in [0.3, 0.4) is 0 Å². The number of benzene rings is 1. The van der Waals surface area contributed by atoms with Crippen LogP contribution in [0.2, 0.25) is 5.02 Å². The average Bonchev–Trinajstić information content (AvgIpc) is 3.25. The van der Waals surface area contributed by atoms with Gasteiger partial charge in [-0.05, 0) is 24.3 Å². The van der Waals surface area contributed by atoms with E-state index in [9.17, 15) is 4.79 Å². The van der Waals surface area contributed by atoms with Crippen LogP contribution in [-0.4, -0.2) is 17.6 Å². The molecule has 0 bridgehead atoms. The highest BCUT2D eigenvalue weighted by Crippen LogP contribution is 2.30. The first-order chi connectivity index (χ1) is 11.2. The summed E-state index contributed by atoms with van der Waals surface area (Å²) in [5.41, 5.74) is 2.02. The van der Waals surface area contributed by atoms with E-state index in [-0.39, 0.29) is 5.91 Å². The van der Waals surface area contributed by atoms with Crippen LogP contribution in [0, 0.1) is 0 Å². The smallest absolute Gasteiger partial charge is 0.255 e. The number of methoxy groups -OCH3 is 1. The zero-order valence-corrected chi connectivity index (χ0v) is 13.2. The van der Waals surface area contributed by atoms with E-state index in [1.165, 1.54) is 7.11 Å². The fraction of sp³-hybridized carbons (Fsp3) is 0.118. The van der Waals surface area contributed by atoms with Crippen LogP contribution in [0.5, 0.6) is 5.75 Å². The van der Waals surface area contributed by atoms with E-state index in [0.29, 0.717) is 22.9 Å². The van der Waals surface area contributed by atoms with Crippen LogP contribution >= 0.6 is 11.6 Å². The minimum atomic E-state index is -0.260. The van der Waals surface area contributed by atoms with Gasteiger partial charge in [0.2, 0.25) is 0 Å². The molecule has 1 amide bonds. The number of amides is 1. The van der Waals surface area contributed by atoms with E-state index >= 15 is 0 Å². The van der Waals surface area contributed by atoms with Crippen molar-refractivity contribution in [1.29, 1.82) is 0 Å². The molecule has 2 aromatic heterocycles. The minimum Gasteiger partial charge on any atom is -0.496 e. The number of aromatic nitrogens is 1. The predicted molar refractivity (Wildman–Crippen MR) is 87.2 cm³/mol. The van der Waals surface area contributed by atoms with Gasteiger partial charge in [0, 0.05) is 30.6 Å². The lowest BCUT2D eigenvalue weighted by Gasteiger charge is -2.13. The van der Waals surface area contributed by atoms with E-state index in [1.807, 2.05) is 29.1 Å². The summed E-state index contributed by atoms with van der Waals surface area (Å²) in [7, 11) is 1.52. The molecule has 5 nitrogen and oxygen atoms in total. The Morgan fingerprint density at radius 2 is 2.13 bits per heavy atom. The zero-order chi connectivity index (χ0) is 16.2. The maximum Gasteiger partial charge on any atom is 0.255 e. The highest BCUT2D eigenvalue weighted by atomic mass is 35.5. The topological polar surface area (TPSA) is 56.4 Å². The summed E-state index contributed by atoms with van der Waals surface area (Å²) in [6.07, 6.45) is 6.89. The summed E-state index contributed by atoms with van der Waals surface area (Å²) >= 11 is 6.32. The number of hydrogen-bond acceptors (Lipinski definition) is 3. The fourth-order valence-corrected chi connectivity index (χ4v) is 2.51. The maximum atomic E-state index is 12.4. The lowest BCUT2D eigenvalue weighted by Crippen LogP contribution is -2.23. The van der Waals surface area contributed by atoms with Crippen molar-refractivity contribution < 1.29 is 13.9 Å². The van der Waals surface area contributed by atoms with Gasteiger partial charge in [0.05, 0.1) is 35.9 Å². The number of carbonyl (C=O) groups is 1. The van der Waals surface area contributed by atoms with E-state index < -0.39 is 0 Å². The number of nitrogens with one attached hydrogen (secondary N) is 1. The first kappa shape index (κ1) is 15.2. The molecule has 3 aromatic rings. The molecule has 2 heterocycles. The van der Waals surface area contributed by atoms with Crippen LogP contribution in [0.4, 0.5) is 0 Å². The quantitative estimate of drug-likeness (QED) is 0.776. The molecule has 0 unspecified atom stereocenters. The van der Waals surface area contributed by atoms with Crippen molar-refractivity contribution in [2.24, 2.45) is 0 Å². The summed E-state index contributed by atoms with van der Waals surface area (Å²) in [6, 6.07) is 8.94. The second-order valence-corrected chi connectivity index (χ2v) is 5.32. The van der Waals surface area contributed by atoms with Crippen LogP contribution in [0.25, 0.3) is 5.69 Å². The number of hydrogen-bond donors (Lipinski definition) is 1. The number of carbonyl (C=O) groups excluding carboxylic acids is 1. The van der Waals surface area contributed by atoms with Crippen molar-refractivity contribution in [3.8, 4) is 11.4 Å². The second-order valence-electron chi connectivity index (χ2n) is 4.91. The second kappa shape index (κ2) is 6.62. The van der Waals surface area contributed by atoms with Crippen LogP contribution in [-0.2, 0) is 6.54 Å². The largest absolute Gasteiger partial charge is 0.496 e. The SMILES string of the molecule is COc1cc(-n2cccc2)c(Cl)cc1C(=O)NCc1ccoc1. The molecule has 1 N–H and O–H groups in total. The molecule has 0 aliphatic carbocycles. The molecule has 0 aliphatic rings. The molecule has 0 fully saturated rings. The monoisotopic (exact) mass is 330 g/mol. The molecule has 23 heavy (non-hydrogen) atoms. The molecule has 3 rings (SSSR count). The van der Waals surface area contributed by atoms with Gasteiger partial charge in [-0.1, -0.05) is 11.6 Å². The van der Waals surface area contributed by atoms with Crippen LogP contribution in [0.15, 0.2) is 59.7 Å². The Morgan fingerprint density at radius 1 is 1.35 bits per heavy atom. The van der Waals surface area contributed by atoms with Crippen molar-refractivity contribution >= 4 is 17.5 Å². The van der Waals surface area contributed by atoms with Gasteiger partial charge in [-0.25, -0.2) is 0 Å². The fourth-order valence-electron chi connectivity index (χ4n) is 2.25. The maximum absolute atomic E-state index is 12.4. The Morgan fingerprint density at radius 3 is 2.78 bits per heavy atom. The standard InChI is InChI=1S/C17H15ClN2O3/c1-22-16-9-15(20-5-2-3-6-20)14(18)8-13(16)17(21)19-10-12-4-7-23-11-12/h2-9,11H,10H2,1H3,(H,19,21). The first-order valence-corrected chi connectivity index (χ1v) is 7.37. The summed E-state index contributed by atoms with van der Waals surface area (Å²) in [6.45, 7) is 0.370. The Balaban J connectivity index is 1.86. The molecule has 1 aromatic carbocycles. The van der Waals surface area contributed by atoms with Crippen molar-refractivity contribution in [3.05, 3.63) is 71.4 Å². The van der Waals surface area contributed by atoms with Gasteiger partial charge >= 0.3 is 0 Å². The Labute approximate surface area is 138 Å². The van der Waals surface area contributed by atoms with Crippen LogP contribution < -0.4 is 10.1 Å². The van der Waals surface area contributed by atoms with Gasteiger partial charge < -0.3 is 19.0 Å². The Kier molecular flexibility index (Phi) is 4.39. The third-order valence-corrected chi connectivity index (χ3v) is 3.73. The van der Waals surface area contributed by atoms with Gasteiger partial charge in [-0.3, -0.25) is 4.79 Å². The minimum absolute atomic E-state index is 0.260. The third-order valence-electron chi connectivity index (χ3n) is 3.43. The van der Waals surface area contributed by atoms with Gasteiger partial charge in [-0.2, -0.15) is 0 Å². The van der Waals surface area contributed by atoms with E-state index in [0.717, 1.165) is 11.3 Å². The zero-order valence-electron chi connectivity index (χ0n) is 12.5. The number of nitrogens with zero attached hydrogens (tertiary/aromatic N) is 1. The summed E-state index contributed by atoms with van der Waals surface area (Å²) in [4.78, 5) is 12.4. The normalized spacial score (nSPS) is 10.5. The molecule has 6 heteroatoms. The summed E-state index contributed by atoms with van der Waals surface area (Å²) in [5.74, 6) is 0.201. The van der Waals surface area contributed by atoms with Gasteiger partial charge in [0.25, 0.3) is 5.91 Å². The summed E-state index contributed by atoms with van der Waals surface area (Å²) < 4.78 is 12.2. The highest BCUT2D eigenvalue weighted by molar-refractivity contribution is 6.33. The lowest BCUT2D eigenvalue weighted by atomic mass is 10.1. The van der Waals surface area contributed by atoms with Gasteiger partial charge in [0.15, 0.2) is 0 Å². The lowest BCUT2D eigenvalue weighted by molar-refractivity contribution is 0.0948. The molecule has 0 atom stereocenters. The Bertz CT molecular complexity index is 796. The van der Waals surface area contributed by atoms with Crippen molar-refractivity contribution in [2.45, 2.75) is 6.54 Å². The van der Waals surface area contributed by atoms with Crippen molar-refractivity contribution in [2.75, 3.05) is 7.11 Å². The van der Waals surface area contributed by atoms with Gasteiger partial charge in [-0.15, -0.1) is 0 Å². The third kappa shape index (κ3) is 3.24. The number of ether oxygens (including phenoxy) is 1. The van der Waals surface area contributed by atoms with Crippen molar-refractivity contribution in [3.63, 3.8) is 0 Å². The molecular formula is C17H15ClN2O3. The molecule has 0 spiro atoms. The molecular weight excluding hydrogens is 316 g/mol. The summed E-state index contributed by atoms with van der Waals surface area (Å²) in [5, 5.41) is 3.28. The molecule has 0 saturated heterocycles. The molecule has 0 saturated carbocycles. The molecule has 118 valence electrons. The van der Waals surface area contributed by atoms with Crippen molar-refractivity contribution in [1.82, 2.24) is 9.88 Å². The first-order valence-electron chi connectivity index (χ1n) is 6.99. The number of furan rings is 1. The number of halogens is 1. The molecule has 0 radical (unpaired) electrons.